The molecule has 0 aromatic heterocycles. The van der Waals surface area contributed by atoms with Crippen molar-refractivity contribution in [1.82, 2.24) is 10.6 Å². The number of hydrogen-bond donors (Lipinski definition) is 7. The third kappa shape index (κ3) is 12.8. The molecule has 4 bridgehead atoms. The number of phenolic OH excluding ortho intramolecular Hbond substituents is 1. The lowest BCUT2D eigenvalue weighted by molar-refractivity contribution is -0.140. The van der Waals surface area contributed by atoms with Crippen LogP contribution in [0.15, 0.2) is 88.6 Å². The van der Waals surface area contributed by atoms with Gasteiger partial charge in [0.15, 0.2) is 11.6 Å². The smallest absolute Gasteiger partial charge is 0.327 e. The van der Waals surface area contributed by atoms with Crippen molar-refractivity contribution in [3.05, 3.63) is 111 Å². The highest BCUT2D eigenvalue weighted by Crippen LogP contribution is 2.40. The van der Waals surface area contributed by atoms with Crippen LogP contribution in [0.5, 0.6) is 5.75 Å². The molecule has 1 aromatic rings. The van der Waals surface area contributed by atoms with E-state index in [2.05, 4.69) is 10.6 Å². The molecule has 1 aliphatic carbocycles. The number of carboxylic acid groups (broad SMARTS) is 1. The average Bonchev–Trinajstić information content (AvgIpc) is 3.17. The van der Waals surface area contributed by atoms with Crippen molar-refractivity contribution in [2.75, 3.05) is 5.75 Å². The number of ketones is 4. The zero-order chi connectivity index (χ0) is 44.3. The van der Waals surface area contributed by atoms with Crippen molar-refractivity contribution < 1.29 is 59.1 Å². The number of Topliss-reactive ketones (excluding diaryl/α,β-unsaturated/α-hetero) is 4. The number of rotatable bonds is 5. The Bertz CT molecular complexity index is 2090. The summed E-state index contributed by atoms with van der Waals surface area (Å²) in [5.41, 5.74) is -1.35. The Morgan fingerprint density at radius 1 is 0.847 bits per heavy atom. The van der Waals surface area contributed by atoms with E-state index in [0.29, 0.717) is 17.3 Å². The quantitative estimate of drug-likeness (QED) is 0.204. The standard InChI is InChI=1S/C44H52N2O12S/c1-22-12-10-8-9-11-13-34(51)46-37-41(55)30-19-27(6)40(54)36(35(30)42(56)43(37)59-21-31(44(57)58)45-28(7)47)39(53)26(5)18-25(4)38(52)24(3)15-17-29(48)16-14-23(2)33(50)20-32(22)49/h8-15,17-19,22,24-25,29,31-32,38,48-49,52,54H,16,20-21H2,1-7H3,(H,45,47)(H,46,51)(H,57,58)/b9-8+,12-10-,13-11-,17-15-,23-14-,26-18+/t22-,24-,25-,29-,31-,32-,38-/m0/s1. The minimum absolute atomic E-state index is 0.00628. The molecule has 4 rings (SSSR count). The van der Waals surface area contributed by atoms with Gasteiger partial charge in [0.2, 0.25) is 23.4 Å². The highest BCUT2D eigenvalue weighted by atomic mass is 32.2. The number of aliphatic hydroxyl groups excluding tert-OH is 3. The number of hydrogen-bond acceptors (Lipinski definition) is 12. The van der Waals surface area contributed by atoms with E-state index in [9.17, 15) is 59.1 Å². The van der Waals surface area contributed by atoms with Crippen molar-refractivity contribution in [1.29, 1.82) is 0 Å². The molecule has 2 heterocycles. The van der Waals surface area contributed by atoms with Gasteiger partial charge in [-0.15, -0.1) is 11.8 Å². The lowest BCUT2D eigenvalue weighted by Gasteiger charge is -2.25. The number of carboxylic acids is 1. The van der Waals surface area contributed by atoms with Crippen LogP contribution in [0.2, 0.25) is 0 Å². The number of aliphatic hydroxyl groups is 3. The van der Waals surface area contributed by atoms with Gasteiger partial charge >= 0.3 is 5.97 Å². The SMILES string of the molecule is CC(=O)N[C@@H](CSC1=C2NC(=O)\C=C/C=C/C=C\[C@H](C)[C@@H](O)CC(=O)/C(C)=C\C[C@H](O)/C=C\[C@H](C)[C@H](O)[C@@H](C)/C=C(\C)C(=O)c3c(O)c(C)cc(c3C1=O)C2=O)C(=O)O. The second-order valence-electron chi connectivity index (χ2n) is 14.7. The number of amides is 2. The van der Waals surface area contributed by atoms with Crippen LogP contribution in [0.3, 0.4) is 0 Å². The van der Waals surface area contributed by atoms with Gasteiger partial charge in [0.1, 0.15) is 17.5 Å². The van der Waals surface area contributed by atoms with Crippen LogP contribution >= 0.6 is 11.8 Å². The normalized spacial score (nSPS) is 28.7. The first-order chi connectivity index (χ1) is 27.7. The summed E-state index contributed by atoms with van der Waals surface area (Å²) in [6.07, 6.45) is 11.6. The van der Waals surface area contributed by atoms with Gasteiger partial charge < -0.3 is 36.2 Å². The lowest BCUT2D eigenvalue weighted by Crippen LogP contribution is -2.42. The predicted octanol–water partition coefficient (Wildman–Crippen LogP) is 4.38. The monoisotopic (exact) mass is 832 g/mol. The lowest BCUT2D eigenvalue weighted by atomic mass is 9.83. The van der Waals surface area contributed by atoms with Gasteiger partial charge in [0, 0.05) is 54.1 Å². The minimum Gasteiger partial charge on any atom is -0.507 e. The average molecular weight is 833 g/mol. The van der Waals surface area contributed by atoms with Gasteiger partial charge in [-0.05, 0) is 50.0 Å². The van der Waals surface area contributed by atoms with E-state index in [-0.39, 0.29) is 35.3 Å². The summed E-state index contributed by atoms with van der Waals surface area (Å²) in [7, 11) is 0. The molecule has 316 valence electrons. The van der Waals surface area contributed by atoms with Crippen molar-refractivity contribution in [2.24, 2.45) is 17.8 Å². The molecule has 0 radical (unpaired) electrons. The summed E-state index contributed by atoms with van der Waals surface area (Å²) in [6.45, 7) is 10.6. The Hall–Kier alpha value is -5.48. The maximum absolute atomic E-state index is 14.4. The van der Waals surface area contributed by atoms with Crippen LogP contribution in [-0.4, -0.2) is 96.6 Å². The molecule has 7 atom stereocenters. The van der Waals surface area contributed by atoms with E-state index >= 15 is 0 Å². The van der Waals surface area contributed by atoms with Gasteiger partial charge in [0.25, 0.3) is 0 Å². The van der Waals surface area contributed by atoms with Crippen LogP contribution in [-0.2, 0) is 19.2 Å². The van der Waals surface area contributed by atoms with Crippen molar-refractivity contribution >= 4 is 52.7 Å². The molecule has 0 saturated heterocycles. The first-order valence-electron chi connectivity index (χ1n) is 19.0. The Morgan fingerprint density at radius 2 is 1.51 bits per heavy atom. The summed E-state index contributed by atoms with van der Waals surface area (Å²) in [4.78, 5) is 92.0. The number of allylic oxidation sites excluding steroid dienone is 8. The molecular formula is C44H52N2O12S. The van der Waals surface area contributed by atoms with Crippen LogP contribution < -0.4 is 10.6 Å². The maximum Gasteiger partial charge on any atom is 0.327 e. The van der Waals surface area contributed by atoms with Crippen molar-refractivity contribution in [3.63, 3.8) is 0 Å². The highest BCUT2D eigenvalue weighted by molar-refractivity contribution is 8.04. The summed E-state index contributed by atoms with van der Waals surface area (Å²) >= 11 is 0.556. The number of phenols is 1. The number of aliphatic carboxylic acids is 1. The first-order valence-corrected chi connectivity index (χ1v) is 20.0. The summed E-state index contributed by atoms with van der Waals surface area (Å²) in [6, 6.07) is -0.315. The van der Waals surface area contributed by atoms with E-state index in [0.717, 1.165) is 13.0 Å². The first kappa shape index (κ1) is 47.9. The number of benzene rings is 1. The zero-order valence-corrected chi connectivity index (χ0v) is 34.8. The van der Waals surface area contributed by atoms with E-state index in [1.807, 2.05) is 0 Å². The van der Waals surface area contributed by atoms with E-state index in [4.69, 9.17) is 0 Å². The predicted molar refractivity (Wildman–Crippen MR) is 223 cm³/mol. The topological polar surface area (TPSA) is 245 Å². The number of fused-ring (bicyclic) bond motifs is 18. The number of carbonyl (C=O) groups is 7. The Labute approximate surface area is 347 Å². The van der Waals surface area contributed by atoms with Gasteiger partial charge in [-0.3, -0.25) is 28.8 Å². The van der Waals surface area contributed by atoms with Gasteiger partial charge in [-0.2, -0.15) is 0 Å². The largest absolute Gasteiger partial charge is 0.507 e. The molecule has 14 nitrogen and oxygen atoms in total. The fourth-order valence-electron chi connectivity index (χ4n) is 6.24. The molecule has 59 heavy (non-hydrogen) atoms. The van der Waals surface area contributed by atoms with Gasteiger partial charge in [-0.1, -0.05) is 75.5 Å². The third-order valence-corrected chi connectivity index (χ3v) is 11.0. The number of nitrogens with one attached hydrogen (secondary N) is 2. The molecule has 3 aliphatic rings. The molecular weight excluding hydrogens is 781 g/mol. The molecule has 7 N–H and O–H groups in total. The van der Waals surface area contributed by atoms with Crippen LogP contribution in [0.4, 0.5) is 0 Å². The van der Waals surface area contributed by atoms with Gasteiger partial charge in [-0.25, -0.2) is 4.79 Å². The van der Waals surface area contributed by atoms with Crippen molar-refractivity contribution in [2.45, 2.75) is 85.7 Å². The van der Waals surface area contributed by atoms with Gasteiger partial charge in [0.05, 0.1) is 28.8 Å². The van der Waals surface area contributed by atoms with Crippen LogP contribution in [0.25, 0.3) is 0 Å². The zero-order valence-electron chi connectivity index (χ0n) is 34.0. The number of aromatic hydroxyl groups is 1. The molecule has 0 saturated carbocycles. The number of thioether (sulfide) groups is 1. The molecule has 1 aromatic carbocycles. The minimum atomic E-state index is -1.52. The second-order valence-corrected chi connectivity index (χ2v) is 15.8. The van der Waals surface area contributed by atoms with E-state index in [1.165, 1.54) is 44.2 Å². The van der Waals surface area contributed by atoms with E-state index < -0.39 is 110 Å². The third-order valence-electron chi connectivity index (χ3n) is 9.86. The number of aryl methyl sites for hydroxylation is 1. The fraction of sp³-hybridized carbons (Fsp3) is 0.386. The van der Waals surface area contributed by atoms with Crippen molar-refractivity contribution in [3.8, 4) is 5.75 Å². The number of carbonyl (C=O) groups excluding carboxylic acids is 6. The van der Waals surface area contributed by atoms with E-state index in [1.54, 1.807) is 58.1 Å². The fourth-order valence-corrected chi connectivity index (χ4v) is 7.32. The molecule has 15 heteroatoms. The molecule has 2 amide bonds. The molecule has 0 spiro atoms. The van der Waals surface area contributed by atoms with Crippen LogP contribution in [0.1, 0.15) is 91.0 Å². The summed E-state index contributed by atoms with van der Waals surface area (Å²) < 4.78 is 0. The maximum atomic E-state index is 14.4. The summed E-state index contributed by atoms with van der Waals surface area (Å²) in [5.74, 6) is -8.71. The summed E-state index contributed by atoms with van der Waals surface area (Å²) in [5, 5.41) is 58.0. The highest BCUT2D eigenvalue weighted by Gasteiger charge is 2.39. The Balaban J connectivity index is 2.19. The molecule has 0 unspecified atom stereocenters. The molecule has 2 aliphatic heterocycles. The molecule has 0 fully saturated rings. The Morgan fingerprint density at radius 3 is 2.15 bits per heavy atom. The Kier molecular flexibility index (Phi) is 17.5. The van der Waals surface area contributed by atoms with Crippen LogP contribution in [0, 0.1) is 24.7 Å². The second kappa shape index (κ2) is 21.5.